The van der Waals surface area contributed by atoms with Crippen molar-refractivity contribution in [2.45, 2.75) is 39.4 Å². The molecule has 0 aliphatic heterocycles. The molecule has 32 heavy (non-hydrogen) atoms. The van der Waals surface area contributed by atoms with E-state index >= 15 is 0 Å². The third-order valence-electron chi connectivity index (χ3n) is 5.26. The summed E-state index contributed by atoms with van der Waals surface area (Å²) < 4.78 is 10.6. The van der Waals surface area contributed by atoms with E-state index in [9.17, 15) is 9.59 Å². The molecular formula is C26H30N2O4. The second-order valence-corrected chi connectivity index (χ2v) is 7.97. The Labute approximate surface area is 189 Å². The van der Waals surface area contributed by atoms with Gasteiger partial charge in [-0.15, -0.1) is 0 Å². The molecule has 6 heteroatoms. The van der Waals surface area contributed by atoms with Crippen LogP contribution in [0.25, 0.3) is 0 Å². The van der Waals surface area contributed by atoms with Crippen molar-refractivity contribution in [2.24, 2.45) is 5.92 Å². The average molecular weight is 435 g/mol. The SMILES string of the molecule is COc1ccc(CN(C(=O)C(C)C)C(Cc2ccccc2)C(=O)NCc2ccco2)cc1. The van der Waals surface area contributed by atoms with Gasteiger partial charge in [-0.05, 0) is 35.4 Å². The van der Waals surface area contributed by atoms with Crippen LogP contribution in [0, 0.1) is 5.92 Å². The van der Waals surface area contributed by atoms with E-state index in [2.05, 4.69) is 5.32 Å². The fourth-order valence-corrected chi connectivity index (χ4v) is 3.49. The predicted molar refractivity (Wildman–Crippen MR) is 123 cm³/mol. The Hall–Kier alpha value is -3.54. The zero-order valence-electron chi connectivity index (χ0n) is 18.8. The summed E-state index contributed by atoms with van der Waals surface area (Å²) in [5.41, 5.74) is 1.92. The first kappa shape index (κ1) is 23.1. The fourth-order valence-electron chi connectivity index (χ4n) is 3.49. The highest BCUT2D eigenvalue weighted by Crippen LogP contribution is 2.19. The lowest BCUT2D eigenvalue weighted by Crippen LogP contribution is -2.51. The van der Waals surface area contributed by atoms with Crippen LogP contribution in [-0.2, 0) is 29.1 Å². The van der Waals surface area contributed by atoms with Crippen LogP contribution in [0.1, 0.15) is 30.7 Å². The number of carbonyl (C=O) groups is 2. The number of rotatable bonds is 10. The van der Waals surface area contributed by atoms with Crippen molar-refractivity contribution in [1.29, 1.82) is 0 Å². The summed E-state index contributed by atoms with van der Waals surface area (Å²) in [5, 5.41) is 2.94. The molecule has 2 amide bonds. The summed E-state index contributed by atoms with van der Waals surface area (Å²) in [4.78, 5) is 28.3. The molecule has 0 aliphatic rings. The molecule has 0 saturated carbocycles. The number of hydrogen-bond donors (Lipinski definition) is 1. The van der Waals surface area contributed by atoms with Crippen molar-refractivity contribution in [3.63, 3.8) is 0 Å². The van der Waals surface area contributed by atoms with E-state index in [0.29, 0.717) is 18.7 Å². The maximum Gasteiger partial charge on any atom is 0.243 e. The van der Waals surface area contributed by atoms with Crippen LogP contribution in [-0.4, -0.2) is 29.9 Å². The summed E-state index contributed by atoms with van der Waals surface area (Å²) in [6, 6.07) is 20.2. The van der Waals surface area contributed by atoms with Crippen LogP contribution >= 0.6 is 0 Å². The molecule has 1 N–H and O–H groups in total. The normalized spacial score (nSPS) is 11.8. The van der Waals surface area contributed by atoms with Gasteiger partial charge in [0, 0.05) is 18.9 Å². The molecule has 1 unspecified atom stereocenters. The van der Waals surface area contributed by atoms with Gasteiger partial charge in [-0.2, -0.15) is 0 Å². The minimum atomic E-state index is -0.663. The standard InChI is InChI=1S/C26H30N2O4/c1-19(2)26(30)28(18-21-11-13-22(31-3)14-12-21)24(16-20-8-5-4-6-9-20)25(29)27-17-23-10-7-15-32-23/h4-15,19,24H,16-18H2,1-3H3,(H,27,29). The number of furan rings is 1. The minimum absolute atomic E-state index is 0.0742. The van der Waals surface area contributed by atoms with Gasteiger partial charge < -0.3 is 19.4 Å². The number of carbonyl (C=O) groups excluding carboxylic acids is 2. The van der Waals surface area contributed by atoms with E-state index in [0.717, 1.165) is 16.9 Å². The van der Waals surface area contributed by atoms with Crippen LogP contribution in [0.2, 0.25) is 0 Å². The lowest BCUT2D eigenvalue weighted by atomic mass is 10.0. The average Bonchev–Trinajstić information content (AvgIpc) is 3.34. The van der Waals surface area contributed by atoms with E-state index in [1.807, 2.05) is 68.4 Å². The van der Waals surface area contributed by atoms with Crippen molar-refractivity contribution in [1.82, 2.24) is 10.2 Å². The van der Waals surface area contributed by atoms with Gasteiger partial charge in [0.25, 0.3) is 0 Å². The van der Waals surface area contributed by atoms with Gasteiger partial charge >= 0.3 is 0 Å². The summed E-state index contributed by atoms with van der Waals surface area (Å²) >= 11 is 0. The molecule has 6 nitrogen and oxygen atoms in total. The molecule has 3 aromatic rings. The zero-order chi connectivity index (χ0) is 22.9. The van der Waals surface area contributed by atoms with Crippen molar-refractivity contribution < 1.29 is 18.7 Å². The maximum absolute atomic E-state index is 13.3. The molecule has 0 radical (unpaired) electrons. The van der Waals surface area contributed by atoms with Gasteiger partial charge in [0.15, 0.2) is 0 Å². The quantitative estimate of drug-likeness (QED) is 0.519. The number of nitrogens with one attached hydrogen (secondary N) is 1. The number of ether oxygens (including phenoxy) is 1. The molecule has 1 aromatic heterocycles. The first-order valence-electron chi connectivity index (χ1n) is 10.8. The Morgan fingerprint density at radius 2 is 1.69 bits per heavy atom. The molecule has 0 bridgehead atoms. The highest BCUT2D eigenvalue weighted by Gasteiger charge is 2.31. The van der Waals surface area contributed by atoms with Crippen LogP contribution in [0.3, 0.4) is 0 Å². The Morgan fingerprint density at radius 3 is 2.28 bits per heavy atom. The first-order chi connectivity index (χ1) is 15.5. The predicted octanol–water partition coefficient (Wildman–Crippen LogP) is 4.20. The smallest absolute Gasteiger partial charge is 0.243 e. The van der Waals surface area contributed by atoms with E-state index in [-0.39, 0.29) is 24.3 Å². The third kappa shape index (κ3) is 6.23. The van der Waals surface area contributed by atoms with Gasteiger partial charge in [-0.1, -0.05) is 56.3 Å². The van der Waals surface area contributed by atoms with Gasteiger partial charge in [0.05, 0.1) is 19.9 Å². The van der Waals surface area contributed by atoms with Crippen LogP contribution in [0.15, 0.2) is 77.4 Å². The van der Waals surface area contributed by atoms with Gasteiger partial charge in [-0.25, -0.2) is 0 Å². The number of methoxy groups -OCH3 is 1. The molecule has 0 spiro atoms. The fraction of sp³-hybridized carbons (Fsp3) is 0.308. The Balaban J connectivity index is 1.88. The number of amides is 2. The van der Waals surface area contributed by atoms with Gasteiger partial charge in [0.2, 0.25) is 11.8 Å². The van der Waals surface area contributed by atoms with Gasteiger partial charge in [-0.3, -0.25) is 9.59 Å². The van der Waals surface area contributed by atoms with E-state index < -0.39 is 6.04 Å². The van der Waals surface area contributed by atoms with Crippen molar-refractivity contribution in [2.75, 3.05) is 7.11 Å². The molecular weight excluding hydrogens is 404 g/mol. The number of hydrogen-bond acceptors (Lipinski definition) is 4. The van der Waals surface area contributed by atoms with E-state index in [1.54, 1.807) is 30.4 Å². The lowest BCUT2D eigenvalue weighted by molar-refractivity contribution is -0.143. The summed E-state index contributed by atoms with van der Waals surface area (Å²) in [6.07, 6.45) is 1.99. The molecule has 0 fully saturated rings. The molecule has 168 valence electrons. The molecule has 0 saturated heterocycles. The first-order valence-corrected chi connectivity index (χ1v) is 10.8. The second kappa shape index (κ2) is 11.2. The Morgan fingerprint density at radius 1 is 0.969 bits per heavy atom. The lowest BCUT2D eigenvalue weighted by Gasteiger charge is -2.32. The van der Waals surface area contributed by atoms with E-state index in [4.69, 9.17) is 9.15 Å². The Bertz CT molecular complexity index is 982. The number of benzene rings is 2. The summed E-state index contributed by atoms with van der Waals surface area (Å²) in [5.74, 6) is 0.869. The molecule has 2 aromatic carbocycles. The molecule has 3 rings (SSSR count). The monoisotopic (exact) mass is 434 g/mol. The Kier molecular flexibility index (Phi) is 8.08. The molecule has 1 atom stereocenters. The van der Waals surface area contributed by atoms with Crippen LogP contribution in [0.4, 0.5) is 0 Å². The van der Waals surface area contributed by atoms with Crippen LogP contribution < -0.4 is 10.1 Å². The highest BCUT2D eigenvalue weighted by molar-refractivity contribution is 5.88. The molecule has 1 heterocycles. The van der Waals surface area contributed by atoms with Crippen molar-refractivity contribution >= 4 is 11.8 Å². The van der Waals surface area contributed by atoms with Crippen molar-refractivity contribution in [3.05, 3.63) is 89.9 Å². The second-order valence-electron chi connectivity index (χ2n) is 7.97. The number of nitrogens with zero attached hydrogens (tertiary/aromatic N) is 1. The third-order valence-corrected chi connectivity index (χ3v) is 5.26. The topological polar surface area (TPSA) is 71.8 Å². The van der Waals surface area contributed by atoms with Crippen molar-refractivity contribution in [3.8, 4) is 5.75 Å². The van der Waals surface area contributed by atoms with E-state index in [1.165, 1.54) is 0 Å². The summed E-state index contributed by atoms with van der Waals surface area (Å²) in [6.45, 7) is 4.30. The highest BCUT2D eigenvalue weighted by atomic mass is 16.5. The van der Waals surface area contributed by atoms with Gasteiger partial charge in [0.1, 0.15) is 17.6 Å². The zero-order valence-corrected chi connectivity index (χ0v) is 18.8. The summed E-state index contributed by atoms with van der Waals surface area (Å²) in [7, 11) is 1.61. The molecule has 0 aliphatic carbocycles. The minimum Gasteiger partial charge on any atom is -0.497 e. The largest absolute Gasteiger partial charge is 0.497 e. The maximum atomic E-state index is 13.3. The van der Waals surface area contributed by atoms with Crippen LogP contribution in [0.5, 0.6) is 5.75 Å².